The molecule has 7 heteroatoms. The minimum atomic E-state index is 0. The molecular weight excluding hydrogens is 505 g/mol. The molecule has 0 spiro atoms. The van der Waals surface area contributed by atoms with Gasteiger partial charge in [-0.25, -0.2) is 0 Å². The summed E-state index contributed by atoms with van der Waals surface area (Å²) in [5, 5.41) is 3.51. The number of rotatable bonds is 10. The van der Waals surface area contributed by atoms with E-state index in [1.54, 1.807) is 7.11 Å². The number of likely N-dealkylation sites (tertiary alicyclic amines) is 1. The van der Waals surface area contributed by atoms with Gasteiger partial charge >= 0.3 is 0 Å². The van der Waals surface area contributed by atoms with Crippen LogP contribution in [0.3, 0.4) is 0 Å². The first-order valence-electron chi connectivity index (χ1n) is 11.6. The van der Waals surface area contributed by atoms with Gasteiger partial charge in [-0.15, -0.1) is 24.0 Å². The number of halogens is 1. The molecule has 0 aromatic heterocycles. The number of fused-ring (bicyclic) bond motifs is 1. The van der Waals surface area contributed by atoms with Crippen molar-refractivity contribution in [3.05, 3.63) is 35.4 Å². The summed E-state index contributed by atoms with van der Waals surface area (Å²) in [5.41, 5.74) is 2.85. The third-order valence-electron chi connectivity index (χ3n) is 6.04. The number of ether oxygens (including phenoxy) is 3. The van der Waals surface area contributed by atoms with Crippen molar-refractivity contribution in [3.63, 3.8) is 0 Å². The van der Waals surface area contributed by atoms with Gasteiger partial charge in [0.2, 0.25) is 0 Å². The van der Waals surface area contributed by atoms with Crippen LogP contribution in [0.4, 0.5) is 0 Å². The van der Waals surface area contributed by atoms with Crippen LogP contribution < -0.4 is 5.32 Å². The van der Waals surface area contributed by atoms with E-state index in [1.165, 1.54) is 24.0 Å². The number of aliphatic imine (C=N–C) groups is 1. The van der Waals surface area contributed by atoms with E-state index < -0.39 is 0 Å². The lowest BCUT2D eigenvalue weighted by Gasteiger charge is -2.34. The molecule has 6 nitrogen and oxygen atoms in total. The number of aryl methyl sites for hydroxylation is 1. The standard InChI is InChI=1S/C24H39N3O3.HI/c1-25-24(27-15-12-21(13-16-27)29-19-7-17-28-2)26-14-6-18-30-23-11-5-9-20-8-3-4-10-22(20)23;/h3-4,8,10,21,23H,5-7,9,11-19H2,1-2H3,(H,25,26);1H. The van der Waals surface area contributed by atoms with Crippen molar-refractivity contribution in [2.24, 2.45) is 4.99 Å². The van der Waals surface area contributed by atoms with Crippen molar-refractivity contribution < 1.29 is 14.2 Å². The SMILES string of the molecule is CN=C(NCCCOC1CCCc2ccccc21)N1CCC(OCCCOC)CC1.I. The lowest BCUT2D eigenvalue weighted by Crippen LogP contribution is -2.47. The highest BCUT2D eigenvalue weighted by atomic mass is 127. The van der Waals surface area contributed by atoms with Crippen LogP contribution in [0.25, 0.3) is 0 Å². The molecule has 1 fully saturated rings. The van der Waals surface area contributed by atoms with Gasteiger partial charge in [-0.2, -0.15) is 0 Å². The summed E-state index contributed by atoms with van der Waals surface area (Å²) in [6, 6.07) is 8.72. The molecule has 0 radical (unpaired) electrons. The smallest absolute Gasteiger partial charge is 0.193 e. The summed E-state index contributed by atoms with van der Waals surface area (Å²) in [7, 11) is 3.60. The fourth-order valence-electron chi connectivity index (χ4n) is 4.40. The Morgan fingerprint density at radius 1 is 1.06 bits per heavy atom. The lowest BCUT2D eigenvalue weighted by molar-refractivity contribution is 0.00985. The minimum Gasteiger partial charge on any atom is -0.385 e. The third-order valence-corrected chi connectivity index (χ3v) is 6.04. The first kappa shape index (κ1) is 26.4. The summed E-state index contributed by atoms with van der Waals surface area (Å²) in [6.45, 7) is 5.20. The van der Waals surface area contributed by atoms with E-state index >= 15 is 0 Å². The monoisotopic (exact) mass is 545 g/mol. The van der Waals surface area contributed by atoms with E-state index in [0.29, 0.717) is 6.10 Å². The summed E-state index contributed by atoms with van der Waals surface area (Å²) < 4.78 is 17.3. The Bertz CT molecular complexity index is 651. The number of piperidine rings is 1. The van der Waals surface area contributed by atoms with Gasteiger partial charge < -0.3 is 24.4 Å². The molecule has 1 aromatic carbocycles. The van der Waals surface area contributed by atoms with E-state index in [2.05, 4.69) is 39.5 Å². The average molecular weight is 546 g/mol. The Morgan fingerprint density at radius 3 is 2.61 bits per heavy atom. The fourth-order valence-corrected chi connectivity index (χ4v) is 4.40. The quantitative estimate of drug-likeness (QED) is 0.207. The molecule has 176 valence electrons. The van der Waals surface area contributed by atoms with Crippen molar-refractivity contribution >= 4 is 29.9 Å². The summed E-state index contributed by atoms with van der Waals surface area (Å²) >= 11 is 0. The van der Waals surface area contributed by atoms with Gasteiger partial charge in [-0.05, 0) is 56.1 Å². The number of nitrogens with zero attached hydrogens (tertiary/aromatic N) is 2. The molecule has 1 atom stereocenters. The van der Waals surface area contributed by atoms with Crippen LogP contribution in [0, 0.1) is 0 Å². The molecule has 1 unspecified atom stereocenters. The maximum atomic E-state index is 6.22. The van der Waals surface area contributed by atoms with Crippen LogP contribution in [0.1, 0.15) is 55.8 Å². The average Bonchev–Trinajstić information content (AvgIpc) is 2.80. The van der Waals surface area contributed by atoms with Crippen LogP contribution in [-0.4, -0.2) is 70.6 Å². The highest BCUT2D eigenvalue weighted by molar-refractivity contribution is 14.0. The van der Waals surface area contributed by atoms with Crippen molar-refractivity contribution in [1.29, 1.82) is 0 Å². The van der Waals surface area contributed by atoms with Crippen LogP contribution in [0.15, 0.2) is 29.3 Å². The highest BCUT2D eigenvalue weighted by Gasteiger charge is 2.22. The second kappa shape index (κ2) is 15.0. The number of guanidine groups is 1. The predicted molar refractivity (Wildman–Crippen MR) is 137 cm³/mol. The normalized spacial score (nSPS) is 19.6. The largest absolute Gasteiger partial charge is 0.385 e. The molecule has 0 saturated carbocycles. The summed E-state index contributed by atoms with van der Waals surface area (Å²) in [5.74, 6) is 0.996. The van der Waals surface area contributed by atoms with Crippen LogP contribution >= 0.6 is 24.0 Å². The van der Waals surface area contributed by atoms with Gasteiger partial charge in [0, 0.05) is 53.6 Å². The maximum Gasteiger partial charge on any atom is 0.193 e. The van der Waals surface area contributed by atoms with Crippen LogP contribution in [0.5, 0.6) is 0 Å². The molecule has 1 aromatic rings. The van der Waals surface area contributed by atoms with Crippen LogP contribution in [0.2, 0.25) is 0 Å². The second-order valence-corrected chi connectivity index (χ2v) is 8.18. The number of hydrogen-bond donors (Lipinski definition) is 1. The molecule has 31 heavy (non-hydrogen) atoms. The number of hydrogen-bond acceptors (Lipinski definition) is 4. The van der Waals surface area contributed by atoms with E-state index in [4.69, 9.17) is 14.2 Å². The van der Waals surface area contributed by atoms with E-state index in [9.17, 15) is 0 Å². The van der Waals surface area contributed by atoms with E-state index in [-0.39, 0.29) is 30.1 Å². The van der Waals surface area contributed by atoms with Gasteiger partial charge in [-0.1, -0.05) is 24.3 Å². The molecule has 1 aliphatic carbocycles. The predicted octanol–water partition coefficient (Wildman–Crippen LogP) is 4.18. The maximum absolute atomic E-state index is 6.22. The molecule has 1 aliphatic heterocycles. The Labute approximate surface area is 205 Å². The fraction of sp³-hybridized carbons (Fsp3) is 0.708. The van der Waals surface area contributed by atoms with Crippen molar-refractivity contribution in [2.75, 3.05) is 53.6 Å². The first-order chi connectivity index (χ1) is 14.8. The molecule has 1 N–H and O–H groups in total. The van der Waals surface area contributed by atoms with Gasteiger partial charge in [0.1, 0.15) is 0 Å². The summed E-state index contributed by atoms with van der Waals surface area (Å²) in [6.07, 6.45) is 8.22. The number of nitrogens with one attached hydrogen (secondary N) is 1. The minimum absolute atomic E-state index is 0. The molecule has 1 saturated heterocycles. The van der Waals surface area contributed by atoms with Gasteiger partial charge in [-0.3, -0.25) is 4.99 Å². The Kier molecular flexibility index (Phi) is 12.8. The summed E-state index contributed by atoms with van der Waals surface area (Å²) in [4.78, 5) is 6.81. The molecule has 0 bridgehead atoms. The zero-order valence-electron chi connectivity index (χ0n) is 19.2. The van der Waals surface area contributed by atoms with Crippen molar-refractivity contribution in [1.82, 2.24) is 10.2 Å². The van der Waals surface area contributed by atoms with E-state index in [0.717, 1.165) is 77.5 Å². The molecule has 2 aliphatic rings. The second-order valence-electron chi connectivity index (χ2n) is 8.18. The Morgan fingerprint density at radius 2 is 1.84 bits per heavy atom. The van der Waals surface area contributed by atoms with Gasteiger partial charge in [0.15, 0.2) is 5.96 Å². The topological polar surface area (TPSA) is 55.3 Å². The van der Waals surface area contributed by atoms with Crippen molar-refractivity contribution in [2.45, 2.75) is 57.2 Å². The molecule has 1 heterocycles. The highest BCUT2D eigenvalue weighted by Crippen LogP contribution is 2.32. The zero-order chi connectivity index (χ0) is 21.0. The third kappa shape index (κ3) is 8.51. The van der Waals surface area contributed by atoms with Crippen LogP contribution in [-0.2, 0) is 20.6 Å². The molecule has 3 rings (SSSR count). The Balaban J connectivity index is 0.00000341. The molecule has 0 amide bonds. The van der Waals surface area contributed by atoms with Gasteiger partial charge in [0.25, 0.3) is 0 Å². The van der Waals surface area contributed by atoms with E-state index in [1.807, 2.05) is 7.05 Å². The molecular formula is C24H40IN3O3. The van der Waals surface area contributed by atoms with Crippen molar-refractivity contribution in [3.8, 4) is 0 Å². The van der Waals surface area contributed by atoms with Gasteiger partial charge in [0.05, 0.1) is 12.2 Å². The lowest BCUT2D eigenvalue weighted by atomic mass is 9.89. The number of benzene rings is 1. The Hall–Kier alpha value is -0.900. The zero-order valence-corrected chi connectivity index (χ0v) is 21.5. The first-order valence-corrected chi connectivity index (χ1v) is 11.6. The number of methoxy groups -OCH3 is 1.